The molecule has 1 aromatic carbocycles. The molecule has 0 aromatic heterocycles. The van der Waals surface area contributed by atoms with E-state index < -0.39 is 5.60 Å². The number of ether oxygens (including phenoxy) is 3. The Morgan fingerprint density at radius 3 is 2.54 bits per heavy atom. The average Bonchev–Trinajstić information content (AvgIpc) is 2.48. The fraction of sp³-hybridized carbons (Fsp3) is 0.632. The normalized spacial score (nSPS) is 12.8. The zero-order valence-corrected chi connectivity index (χ0v) is 17.5. The SMILES string of the molecule is CCCOCCOc1ccc(I)c(C[C@H](C)C(=O)OC(C)(C)C)c1. The van der Waals surface area contributed by atoms with Crippen molar-refractivity contribution >= 4 is 28.6 Å². The molecule has 1 atom stereocenters. The number of halogens is 1. The van der Waals surface area contributed by atoms with Crippen molar-refractivity contribution in [3.63, 3.8) is 0 Å². The third kappa shape index (κ3) is 8.33. The van der Waals surface area contributed by atoms with Crippen LogP contribution < -0.4 is 4.74 Å². The van der Waals surface area contributed by atoms with Crippen molar-refractivity contribution in [1.82, 2.24) is 0 Å². The van der Waals surface area contributed by atoms with E-state index in [0.29, 0.717) is 19.6 Å². The zero-order valence-electron chi connectivity index (χ0n) is 15.4. The fourth-order valence-electron chi connectivity index (χ4n) is 2.08. The maximum Gasteiger partial charge on any atom is 0.309 e. The van der Waals surface area contributed by atoms with Gasteiger partial charge in [-0.25, -0.2) is 0 Å². The van der Waals surface area contributed by atoms with E-state index in [1.54, 1.807) is 0 Å². The lowest BCUT2D eigenvalue weighted by molar-refractivity contribution is -0.159. The van der Waals surface area contributed by atoms with Crippen LogP contribution in [-0.2, 0) is 20.7 Å². The lowest BCUT2D eigenvalue weighted by Gasteiger charge is -2.22. The van der Waals surface area contributed by atoms with Crippen LogP contribution in [0.3, 0.4) is 0 Å². The van der Waals surface area contributed by atoms with Crippen LogP contribution in [0.15, 0.2) is 18.2 Å². The van der Waals surface area contributed by atoms with E-state index in [2.05, 4.69) is 29.5 Å². The molecular formula is C19H29IO4. The molecular weight excluding hydrogens is 419 g/mol. The quantitative estimate of drug-likeness (QED) is 0.314. The molecule has 24 heavy (non-hydrogen) atoms. The molecule has 0 heterocycles. The van der Waals surface area contributed by atoms with Crippen LogP contribution in [0.1, 0.15) is 46.6 Å². The van der Waals surface area contributed by atoms with E-state index in [1.807, 2.05) is 45.9 Å². The average molecular weight is 448 g/mol. The van der Waals surface area contributed by atoms with Gasteiger partial charge in [-0.1, -0.05) is 13.8 Å². The van der Waals surface area contributed by atoms with Gasteiger partial charge in [0.25, 0.3) is 0 Å². The summed E-state index contributed by atoms with van der Waals surface area (Å²) in [5.74, 6) is 0.445. The number of benzene rings is 1. The monoisotopic (exact) mass is 448 g/mol. The molecule has 0 aliphatic carbocycles. The molecule has 4 nitrogen and oxygen atoms in total. The van der Waals surface area contributed by atoms with Crippen molar-refractivity contribution in [2.45, 2.75) is 53.1 Å². The molecule has 0 N–H and O–H groups in total. The molecule has 136 valence electrons. The van der Waals surface area contributed by atoms with Gasteiger partial charge in [0, 0.05) is 10.2 Å². The number of hydrogen-bond donors (Lipinski definition) is 0. The van der Waals surface area contributed by atoms with Gasteiger partial charge in [-0.2, -0.15) is 0 Å². The molecule has 0 unspecified atom stereocenters. The summed E-state index contributed by atoms with van der Waals surface area (Å²) in [5.41, 5.74) is 0.642. The third-order valence-electron chi connectivity index (χ3n) is 3.20. The van der Waals surface area contributed by atoms with E-state index in [-0.39, 0.29) is 11.9 Å². The van der Waals surface area contributed by atoms with E-state index >= 15 is 0 Å². The fourth-order valence-corrected chi connectivity index (χ4v) is 2.63. The third-order valence-corrected chi connectivity index (χ3v) is 4.25. The van der Waals surface area contributed by atoms with Gasteiger partial charge in [0.05, 0.1) is 12.5 Å². The topological polar surface area (TPSA) is 44.8 Å². The maximum absolute atomic E-state index is 12.2. The smallest absolute Gasteiger partial charge is 0.309 e. The van der Waals surface area contributed by atoms with E-state index in [4.69, 9.17) is 14.2 Å². The Morgan fingerprint density at radius 1 is 1.21 bits per heavy atom. The summed E-state index contributed by atoms with van der Waals surface area (Å²) in [5, 5.41) is 0. The molecule has 0 saturated heterocycles. The second-order valence-electron chi connectivity index (χ2n) is 6.85. The van der Waals surface area contributed by atoms with Gasteiger partial charge < -0.3 is 14.2 Å². The minimum absolute atomic E-state index is 0.169. The second-order valence-corrected chi connectivity index (χ2v) is 8.01. The van der Waals surface area contributed by atoms with E-state index in [9.17, 15) is 4.79 Å². The van der Waals surface area contributed by atoms with Gasteiger partial charge in [-0.3, -0.25) is 4.79 Å². The van der Waals surface area contributed by atoms with Gasteiger partial charge in [0.2, 0.25) is 0 Å². The van der Waals surface area contributed by atoms with Crippen LogP contribution in [0.5, 0.6) is 5.75 Å². The highest BCUT2D eigenvalue weighted by Crippen LogP contribution is 2.23. The summed E-state index contributed by atoms with van der Waals surface area (Å²) in [4.78, 5) is 12.2. The zero-order chi connectivity index (χ0) is 18.2. The van der Waals surface area contributed by atoms with Crippen molar-refractivity contribution in [3.05, 3.63) is 27.3 Å². The van der Waals surface area contributed by atoms with Crippen LogP contribution in [0.4, 0.5) is 0 Å². The number of hydrogen-bond acceptors (Lipinski definition) is 4. The van der Waals surface area contributed by atoms with Crippen LogP contribution >= 0.6 is 22.6 Å². The Bertz CT molecular complexity index is 523. The van der Waals surface area contributed by atoms with Gasteiger partial charge in [-0.15, -0.1) is 0 Å². The summed E-state index contributed by atoms with van der Waals surface area (Å²) >= 11 is 2.29. The molecule has 0 radical (unpaired) electrons. The lowest BCUT2D eigenvalue weighted by atomic mass is 10.0. The second kappa shape index (κ2) is 10.2. The summed E-state index contributed by atoms with van der Waals surface area (Å²) < 4.78 is 17.7. The van der Waals surface area contributed by atoms with Gasteiger partial charge >= 0.3 is 5.97 Å². The molecule has 0 fully saturated rings. The van der Waals surface area contributed by atoms with Crippen LogP contribution in [0.25, 0.3) is 0 Å². The lowest BCUT2D eigenvalue weighted by Crippen LogP contribution is -2.28. The summed E-state index contributed by atoms with van der Waals surface area (Å²) in [6, 6.07) is 5.96. The van der Waals surface area contributed by atoms with Crippen molar-refractivity contribution in [1.29, 1.82) is 0 Å². The number of carbonyl (C=O) groups excluding carboxylic acids is 1. The van der Waals surface area contributed by atoms with Crippen molar-refractivity contribution in [2.75, 3.05) is 19.8 Å². The molecule has 0 spiro atoms. The minimum Gasteiger partial charge on any atom is -0.491 e. The van der Waals surface area contributed by atoms with Crippen LogP contribution in [-0.4, -0.2) is 31.4 Å². The van der Waals surface area contributed by atoms with Gasteiger partial charge in [0.1, 0.15) is 18.0 Å². The standard InChI is InChI=1S/C19H29IO4/c1-6-9-22-10-11-23-16-7-8-17(20)15(13-16)12-14(2)18(21)24-19(3,4)5/h7-8,13-14H,6,9-12H2,1-5H3/t14-/m0/s1. The highest BCUT2D eigenvalue weighted by atomic mass is 127. The highest BCUT2D eigenvalue weighted by Gasteiger charge is 2.22. The number of esters is 1. The number of rotatable bonds is 9. The van der Waals surface area contributed by atoms with Crippen molar-refractivity contribution in [3.8, 4) is 5.75 Å². The van der Waals surface area contributed by atoms with Gasteiger partial charge in [-0.05, 0) is 80.0 Å². The molecule has 0 amide bonds. The highest BCUT2D eigenvalue weighted by molar-refractivity contribution is 14.1. The van der Waals surface area contributed by atoms with E-state index in [0.717, 1.165) is 27.9 Å². The summed E-state index contributed by atoms with van der Waals surface area (Å²) in [6.07, 6.45) is 1.65. The first-order valence-electron chi connectivity index (χ1n) is 8.44. The molecule has 0 aliphatic rings. The van der Waals surface area contributed by atoms with E-state index in [1.165, 1.54) is 0 Å². The van der Waals surface area contributed by atoms with Crippen molar-refractivity contribution in [2.24, 2.45) is 5.92 Å². The molecule has 5 heteroatoms. The van der Waals surface area contributed by atoms with Crippen LogP contribution in [0, 0.1) is 9.49 Å². The Hall–Kier alpha value is -0.820. The Kier molecular flexibility index (Phi) is 9.05. The number of carbonyl (C=O) groups is 1. The van der Waals surface area contributed by atoms with Crippen LogP contribution in [0.2, 0.25) is 0 Å². The molecule has 0 aliphatic heterocycles. The summed E-state index contributed by atoms with van der Waals surface area (Å²) in [7, 11) is 0. The predicted molar refractivity (Wildman–Crippen MR) is 104 cm³/mol. The minimum atomic E-state index is -0.456. The summed E-state index contributed by atoms with van der Waals surface area (Å²) in [6.45, 7) is 11.5. The first kappa shape index (κ1) is 21.2. The largest absolute Gasteiger partial charge is 0.491 e. The predicted octanol–water partition coefficient (Wildman–Crippen LogP) is 4.62. The Balaban J connectivity index is 2.60. The molecule has 1 rings (SSSR count). The molecule has 1 aromatic rings. The first-order chi connectivity index (χ1) is 11.2. The van der Waals surface area contributed by atoms with Gasteiger partial charge in [0.15, 0.2) is 0 Å². The Labute approximate surface area is 159 Å². The maximum atomic E-state index is 12.2. The first-order valence-corrected chi connectivity index (χ1v) is 9.52. The molecule has 0 bridgehead atoms. The Morgan fingerprint density at radius 2 is 1.92 bits per heavy atom. The van der Waals surface area contributed by atoms with Crippen molar-refractivity contribution < 1.29 is 19.0 Å². The molecule has 0 saturated carbocycles.